The molecule has 0 bridgehead atoms. The maximum atomic E-state index is 10.8. The summed E-state index contributed by atoms with van der Waals surface area (Å²) in [4.78, 5) is 22.8. The lowest BCUT2D eigenvalue weighted by Gasteiger charge is -2.08. The smallest absolute Gasteiger partial charge is 0.335 e. The van der Waals surface area contributed by atoms with E-state index in [-0.39, 0.29) is 17.5 Å². The Morgan fingerprint density at radius 1 is 1.14 bits per heavy atom. The zero-order chi connectivity index (χ0) is 15.2. The van der Waals surface area contributed by atoms with E-state index in [4.69, 9.17) is 16.6 Å². The number of rotatable bonds is 6. The largest absolute Gasteiger partial charge is 0.478 e. The molecule has 0 amide bonds. The van der Waals surface area contributed by atoms with E-state index in [0.717, 1.165) is 0 Å². The number of aromatic nitrogens is 3. The van der Waals surface area contributed by atoms with Gasteiger partial charge in [-0.25, -0.2) is 4.79 Å². The Labute approximate surface area is 120 Å². The third-order valence-corrected chi connectivity index (χ3v) is 2.47. The molecule has 2 rings (SSSR count). The van der Waals surface area contributed by atoms with Gasteiger partial charge in [-0.1, -0.05) is 0 Å². The van der Waals surface area contributed by atoms with Crippen molar-refractivity contribution < 1.29 is 9.90 Å². The minimum atomic E-state index is -0.987. The second-order valence-electron chi connectivity index (χ2n) is 4.06. The summed E-state index contributed by atoms with van der Waals surface area (Å²) in [6, 6.07) is 6.17. The Kier molecular flexibility index (Phi) is 4.46. The average molecular weight is 289 g/mol. The average Bonchev–Trinajstić information content (AvgIpc) is 2.45. The fourth-order valence-corrected chi connectivity index (χ4v) is 1.54. The van der Waals surface area contributed by atoms with Crippen molar-refractivity contribution >= 4 is 29.5 Å². The highest BCUT2D eigenvalue weighted by Crippen LogP contribution is 2.15. The molecule has 0 saturated heterocycles. The van der Waals surface area contributed by atoms with Gasteiger partial charge in [0.25, 0.3) is 0 Å². The number of nitrogen functional groups attached to an aromatic ring is 1. The maximum Gasteiger partial charge on any atom is 0.335 e. The van der Waals surface area contributed by atoms with Gasteiger partial charge in [0.1, 0.15) is 0 Å². The Morgan fingerprint density at radius 3 is 2.43 bits per heavy atom. The van der Waals surface area contributed by atoms with E-state index in [9.17, 15) is 4.79 Å². The number of carboxylic acids is 1. The summed E-state index contributed by atoms with van der Waals surface area (Å²) in [5, 5.41) is 14.7. The fourth-order valence-electron chi connectivity index (χ4n) is 1.54. The number of carboxylic acid groups (broad SMARTS) is 1. The summed E-state index contributed by atoms with van der Waals surface area (Å²) < 4.78 is 0. The third kappa shape index (κ3) is 4.01. The van der Waals surface area contributed by atoms with E-state index >= 15 is 0 Å². The van der Waals surface area contributed by atoms with Crippen LogP contribution in [0.5, 0.6) is 0 Å². The first kappa shape index (κ1) is 14.5. The number of hydrogen-bond acceptors (Lipinski definition) is 8. The SMILES string of the molecule is NCCNc1nc(N)nc(Nc2ccc(C(=O)O)cc2)n1. The van der Waals surface area contributed by atoms with E-state index < -0.39 is 5.97 Å². The Balaban J connectivity index is 2.14. The topological polar surface area (TPSA) is 152 Å². The van der Waals surface area contributed by atoms with Gasteiger partial charge >= 0.3 is 5.97 Å². The Bertz CT molecular complexity index is 630. The van der Waals surface area contributed by atoms with Crippen LogP contribution in [0.2, 0.25) is 0 Å². The molecule has 0 atom stereocenters. The summed E-state index contributed by atoms with van der Waals surface area (Å²) in [5.74, 6) is -0.351. The molecule has 9 heteroatoms. The number of benzene rings is 1. The van der Waals surface area contributed by atoms with Crippen molar-refractivity contribution in [2.75, 3.05) is 29.5 Å². The number of nitrogens with zero attached hydrogens (tertiary/aromatic N) is 3. The summed E-state index contributed by atoms with van der Waals surface area (Å²) in [7, 11) is 0. The van der Waals surface area contributed by atoms with Crippen molar-refractivity contribution in [2.45, 2.75) is 0 Å². The van der Waals surface area contributed by atoms with Crippen LogP contribution in [0.3, 0.4) is 0 Å². The molecule has 0 radical (unpaired) electrons. The molecular formula is C12H15N7O2. The molecule has 1 aromatic carbocycles. The molecule has 0 aliphatic heterocycles. The molecule has 7 N–H and O–H groups in total. The van der Waals surface area contributed by atoms with Crippen molar-refractivity contribution in [3.8, 4) is 0 Å². The molecule has 2 aromatic rings. The monoisotopic (exact) mass is 289 g/mol. The van der Waals surface area contributed by atoms with Gasteiger partial charge in [0.2, 0.25) is 17.8 Å². The molecule has 1 heterocycles. The summed E-state index contributed by atoms with van der Waals surface area (Å²) in [5.41, 5.74) is 11.8. The van der Waals surface area contributed by atoms with Crippen molar-refractivity contribution in [3.05, 3.63) is 29.8 Å². The highest BCUT2D eigenvalue weighted by Gasteiger charge is 2.06. The number of carbonyl (C=O) groups is 1. The minimum Gasteiger partial charge on any atom is -0.478 e. The quantitative estimate of drug-likeness (QED) is 0.504. The predicted molar refractivity (Wildman–Crippen MR) is 78.5 cm³/mol. The Morgan fingerprint density at radius 2 is 1.81 bits per heavy atom. The van der Waals surface area contributed by atoms with Gasteiger partial charge in [-0.05, 0) is 24.3 Å². The van der Waals surface area contributed by atoms with Gasteiger partial charge in [-0.3, -0.25) is 0 Å². The van der Waals surface area contributed by atoms with E-state index in [0.29, 0.717) is 24.7 Å². The van der Waals surface area contributed by atoms with E-state index in [2.05, 4.69) is 25.6 Å². The van der Waals surface area contributed by atoms with E-state index in [1.165, 1.54) is 12.1 Å². The zero-order valence-electron chi connectivity index (χ0n) is 11.1. The first-order chi connectivity index (χ1) is 10.1. The van der Waals surface area contributed by atoms with Gasteiger partial charge < -0.3 is 27.2 Å². The molecule has 21 heavy (non-hydrogen) atoms. The first-order valence-electron chi connectivity index (χ1n) is 6.14. The maximum absolute atomic E-state index is 10.8. The summed E-state index contributed by atoms with van der Waals surface area (Å²) >= 11 is 0. The van der Waals surface area contributed by atoms with Crippen molar-refractivity contribution in [1.82, 2.24) is 15.0 Å². The summed E-state index contributed by atoms with van der Waals surface area (Å²) in [6.07, 6.45) is 0. The van der Waals surface area contributed by atoms with Crippen LogP contribution >= 0.6 is 0 Å². The lowest BCUT2D eigenvalue weighted by atomic mass is 10.2. The summed E-state index contributed by atoms with van der Waals surface area (Å²) in [6.45, 7) is 0.946. The van der Waals surface area contributed by atoms with Crippen molar-refractivity contribution in [2.24, 2.45) is 5.73 Å². The van der Waals surface area contributed by atoms with Gasteiger partial charge in [0.15, 0.2) is 0 Å². The second kappa shape index (κ2) is 6.48. The van der Waals surface area contributed by atoms with Gasteiger partial charge in [-0.15, -0.1) is 0 Å². The predicted octanol–water partition coefficient (Wildman–Crippen LogP) is 0.266. The number of anilines is 4. The van der Waals surface area contributed by atoms with Crippen molar-refractivity contribution in [1.29, 1.82) is 0 Å². The normalized spacial score (nSPS) is 10.1. The molecular weight excluding hydrogens is 274 g/mol. The molecule has 0 unspecified atom stereocenters. The van der Waals surface area contributed by atoms with Crippen LogP contribution < -0.4 is 22.1 Å². The molecule has 0 saturated carbocycles. The second-order valence-corrected chi connectivity index (χ2v) is 4.06. The van der Waals surface area contributed by atoms with Gasteiger partial charge in [0, 0.05) is 18.8 Å². The lowest BCUT2D eigenvalue weighted by Crippen LogP contribution is -2.16. The van der Waals surface area contributed by atoms with Crippen LogP contribution in [0, 0.1) is 0 Å². The number of hydrogen-bond donors (Lipinski definition) is 5. The molecule has 0 aliphatic rings. The highest BCUT2D eigenvalue weighted by molar-refractivity contribution is 5.88. The molecule has 0 spiro atoms. The number of aromatic carboxylic acids is 1. The van der Waals surface area contributed by atoms with Crippen LogP contribution in [-0.4, -0.2) is 39.1 Å². The van der Waals surface area contributed by atoms with Crippen molar-refractivity contribution in [3.63, 3.8) is 0 Å². The Hall–Kier alpha value is -2.94. The van der Waals surface area contributed by atoms with E-state index in [1.807, 2.05) is 0 Å². The lowest BCUT2D eigenvalue weighted by molar-refractivity contribution is 0.0697. The zero-order valence-corrected chi connectivity index (χ0v) is 11.1. The fraction of sp³-hybridized carbons (Fsp3) is 0.167. The standard InChI is InChI=1S/C12H15N7O2/c13-5-6-15-11-17-10(14)18-12(19-11)16-8-3-1-7(2-4-8)9(20)21/h1-4H,5-6,13H2,(H,20,21)(H4,14,15,16,17,18,19). The molecule has 9 nitrogen and oxygen atoms in total. The number of nitrogens with one attached hydrogen (secondary N) is 2. The van der Waals surface area contributed by atoms with Crippen LogP contribution in [0.1, 0.15) is 10.4 Å². The van der Waals surface area contributed by atoms with Crippen LogP contribution in [0.25, 0.3) is 0 Å². The van der Waals surface area contributed by atoms with Crippen LogP contribution in [0.4, 0.5) is 23.5 Å². The number of nitrogens with two attached hydrogens (primary N) is 2. The molecule has 0 fully saturated rings. The van der Waals surface area contributed by atoms with E-state index in [1.54, 1.807) is 12.1 Å². The molecule has 1 aromatic heterocycles. The third-order valence-electron chi connectivity index (χ3n) is 2.47. The van der Waals surface area contributed by atoms with Gasteiger partial charge in [0.05, 0.1) is 5.56 Å². The molecule has 0 aliphatic carbocycles. The van der Waals surface area contributed by atoms with Gasteiger partial charge in [-0.2, -0.15) is 15.0 Å². The van der Waals surface area contributed by atoms with Crippen LogP contribution in [-0.2, 0) is 0 Å². The molecule has 110 valence electrons. The minimum absolute atomic E-state index is 0.0641. The van der Waals surface area contributed by atoms with Crippen LogP contribution in [0.15, 0.2) is 24.3 Å². The highest BCUT2D eigenvalue weighted by atomic mass is 16.4. The first-order valence-corrected chi connectivity index (χ1v) is 6.14.